The van der Waals surface area contributed by atoms with Gasteiger partial charge in [-0.05, 0) is 6.92 Å². The van der Waals surface area contributed by atoms with Gasteiger partial charge in [-0.25, -0.2) is 0 Å². The Kier molecular flexibility index (Phi) is 0.642. The SMILES string of the molecule is C[C@@]1(C(N)=O)CO1. The highest BCUT2D eigenvalue weighted by atomic mass is 16.6. The zero-order valence-corrected chi connectivity index (χ0v) is 4.10. The van der Waals surface area contributed by atoms with Gasteiger partial charge in [0.1, 0.15) is 0 Å². The number of hydrogen-bond acceptors (Lipinski definition) is 2. The van der Waals surface area contributed by atoms with Crippen LogP contribution in [0.4, 0.5) is 0 Å². The zero-order chi connectivity index (χ0) is 5.49. The monoisotopic (exact) mass is 101 g/mol. The molecule has 0 aromatic heterocycles. The molecule has 3 heteroatoms. The van der Waals surface area contributed by atoms with Crippen molar-refractivity contribution in [3.63, 3.8) is 0 Å². The summed E-state index contributed by atoms with van der Waals surface area (Å²) in [4.78, 5) is 10.2. The topological polar surface area (TPSA) is 55.6 Å². The molecule has 0 unspecified atom stereocenters. The first-order valence-corrected chi connectivity index (χ1v) is 2.09. The van der Waals surface area contributed by atoms with Gasteiger partial charge in [0.15, 0.2) is 5.60 Å². The number of nitrogens with two attached hydrogens (primary N) is 1. The van der Waals surface area contributed by atoms with Crippen molar-refractivity contribution in [3.8, 4) is 0 Å². The van der Waals surface area contributed by atoms with Crippen molar-refractivity contribution in [2.24, 2.45) is 5.73 Å². The standard InChI is InChI=1S/C4H7NO2/c1-4(2-7-4)3(5)6/h2H2,1H3,(H2,5,6)/t4-/m0/s1. The lowest BCUT2D eigenvalue weighted by molar-refractivity contribution is -0.122. The molecule has 1 heterocycles. The predicted molar refractivity (Wildman–Crippen MR) is 23.6 cm³/mol. The second kappa shape index (κ2) is 0.980. The minimum Gasteiger partial charge on any atom is -0.367 e. The summed E-state index contributed by atoms with van der Waals surface area (Å²) >= 11 is 0. The van der Waals surface area contributed by atoms with Gasteiger partial charge in [0.25, 0.3) is 5.91 Å². The van der Waals surface area contributed by atoms with Crippen molar-refractivity contribution in [3.05, 3.63) is 0 Å². The Bertz CT molecular complexity index is 106. The van der Waals surface area contributed by atoms with E-state index in [0.717, 1.165) is 0 Å². The maximum atomic E-state index is 10.2. The van der Waals surface area contributed by atoms with E-state index in [1.165, 1.54) is 0 Å². The molecule has 1 aliphatic heterocycles. The van der Waals surface area contributed by atoms with Crippen LogP contribution in [0, 0.1) is 0 Å². The number of amides is 1. The van der Waals surface area contributed by atoms with E-state index in [9.17, 15) is 4.79 Å². The van der Waals surface area contributed by atoms with E-state index >= 15 is 0 Å². The third-order valence-electron chi connectivity index (χ3n) is 1.10. The lowest BCUT2D eigenvalue weighted by atomic mass is 10.2. The number of hydrogen-bond donors (Lipinski definition) is 1. The highest BCUT2D eigenvalue weighted by Crippen LogP contribution is 2.24. The molecular weight excluding hydrogens is 94.0 g/mol. The van der Waals surface area contributed by atoms with Crippen molar-refractivity contribution < 1.29 is 9.53 Å². The number of epoxide rings is 1. The number of ether oxygens (including phenoxy) is 1. The summed E-state index contributed by atoms with van der Waals surface area (Å²) in [6.45, 7) is 2.16. The molecule has 1 fully saturated rings. The Labute approximate surface area is 41.4 Å². The number of carbonyl (C=O) groups is 1. The summed E-state index contributed by atoms with van der Waals surface area (Å²) in [5.74, 6) is -0.368. The molecule has 1 aliphatic rings. The number of primary amides is 1. The molecule has 40 valence electrons. The molecule has 0 spiro atoms. The van der Waals surface area contributed by atoms with Gasteiger partial charge in [0.2, 0.25) is 0 Å². The number of carbonyl (C=O) groups excluding carboxylic acids is 1. The largest absolute Gasteiger partial charge is 0.367 e. The molecule has 0 saturated carbocycles. The van der Waals surface area contributed by atoms with E-state index in [2.05, 4.69) is 4.74 Å². The smallest absolute Gasteiger partial charge is 0.251 e. The Hall–Kier alpha value is -0.570. The van der Waals surface area contributed by atoms with Gasteiger partial charge in [-0.2, -0.15) is 0 Å². The fourth-order valence-corrected chi connectivity index (χ4v) is 0.251. The van der Waals surface area contributed by atoms with Gasteiger partial charge in [-0.1, -0.05) is 0 Å². The molecule has 7 heavy (non-hydrogen) atoms. The van der Waals surface area contributed by atoms with Crippen LogP contribution < -0.4 is 5.73 Å². The fraction of sp³-hybridized carbons (Fsp3) is 0.750. The van der Waals surface area contributed by atoms with Gasteiger partial charge in [0.05, 0.1) is 6.61 Å². The van der Waals surface area contributed by atoms with Gasteiger partial charge >= 0.3 is 0 Å². The van der Waals surface area contributed by atoms with Crippen LogP contribution in [0.25, 0.3) is 0 Å². The Morgan fingerprint density at radius 2 is 2.43 bits per heavy atom. The van der Waals surface area contributed by atoms with E-state index in [4.69, 9.17) is 5.73 Å². The van der Waals surface area contributed by atoms with Crippen LogP contribution in [-0.4, -0.2) is 18.1 Å². The molecule has 1 atom stereocenters. The Balaban J connectivity index is 2.55. The van der Waals surface area contributed by atoms with Crippen LogP contribution in [0.1, 0.15) is 6.92 Å². The van der Waals surface area contributed by atoms with Gasteiger partial charge < -0.3 is 10.5 Å². The molecular formula is C4H7NO2. The second-order valence-corrected chi connectivity index (χ2v) is 1.88. The first-order valence-electron chi connectivity index (χ1n) is 2.09. The molecule has 3 nitrogen and oxygen atoms in total. The third kappa shape index (κ3) is 0.587. The van der Waals surface area contributed by atoms with Crippen LogP contribution in [0.3, 0.4) is 0 Å². The van der Waals surface area contributed by atoms with Crippen LogP contribution in [0.15, 0.2) is 0 Å². The van der Waals surface area contributed by atoms with Crippen LogP contribution in [-0.2, 0) is 9.53 Å². The molecule has 0 radical (unpaired) electrons. The van der Waals surface area contributed by atoms with Gasteiger partial charge in [-0.15, -0.1) is 0 Å². The number of rotatable bonds is 1. The van der Waals surface area contributed by atoms with Crippen molar-refractivity contribution in [2.45, 2.75) is 12.5 Å². The van der Waals surface area contributed by atoms with E-state index in [0.29, 0.717) is 6.61 Å². The molecule has 1 rings (SSSR count). The Morgan fingerprint density at radius 3 is 2.43 bits per heavy atom. The molecule has 0 aromatic rings. The van der Waals surface area contributed by atoms with Crippen molar-refractivity contribution >= 4 is 5.91 Å². The van der Waals surface area contributed by atoms with E-state index in [1.54, 1.807) is 6.92 Å². The van der Waals surface area contributed by atoms with Crippen LogP contribution in [0.2, 0.25) is 0 Å². The summed E-state index contributed by atoms with van der Waals surface area (Å²) in [6.07, 6.45) is 0. The minimum absolute atomic E-state index is 0.368. The fourth-order valence-electron chi connectivity index (χ4n) is 0.251. The average Bonchev–Trinajstić information content (AvgIpc) is 2.21. The van der Waals surface area contributed by atoms with Crippen molar-refractivity contribution in [2.75, 3.05) is 6.61 Å². The third-order valence-corrected chi connectivity index (χ3v) is 1.10. The van der Waals surface area contributed by atoms with Crippen molar-refractivity contribution in [1.29, 1.82) is 0 Å². The van der Waals surface area contributed by atoms with E-state index < -0.39 is 5.60 Å². The van der Waals surface area contributed by atoms with E-state index in [-0.39, 0.29) is 5.91 Å². The highest BCUT2D eigenvalue weighted by molar-refractivity contribution is 5.85. The molecule has 1 saturated heterocycles. The summed E-state index contributed by atoms with van der Waals surface area (Å²) in [7, 11) is 0. The summed E-state index contributed by atoms with van der Waals surface area (Å²) in [5.41, 5.74) is 4.26. The Morgan fingerprint density at radius 1 is 2.00 bits per heavy atom. The minimum atomic E-state index is -0.611. The normalized spacial score (nSPS) is 37.9. The molecule has 0 bridgehead atoms. The summed E-state index contributed by atoms with van der Waals surface area (Å²) in [5, 5.41) is 0. The maximum Gasteiger partial charge on any atom is 0.251 e. The van der Waals surface area contributed by atoms with Gasteiger partial charge in [0, 0.05) is 0 Å². The summed E-state index contributed by atoms with van der Waals surface area (Å²) < 4.78 is 4.68. The predicted octanol–water partition coefficient (Wildman–Crippen LogP) is -0.739. The van der Waals surface area contributed by atoms with Crippen LogP contribution >= 0.6 is 0 Å². The zero-order valence-electron chi connectivity index (χ0n) is 4.10. The first kappa shape index (κ1) is 4.59. The molecule has 2 N–H and O–H groups in total. The average molecular weight is 101 g/mol. The highest BCUT2D eigenvalue weighted by Gasteiger charge is 2.45. The molecule has 1 amide bonds. The quantitative estimate of drug-likeness (QED) is 0.442. The molecule has 0 aliphatic carbocycles. The van der Waals surface area contributed by atoms with Crippen molar-refractivity contribution in [1.82, 2.24) is 0 Å². The second-order valence-electron chi connectivity index (χ2n) is 1.88. The summed E-state index contributed by atoms with van der Waals surface area (Å²) in [6, 6.07) is 0. The first-order chi connectivity index (χ1) is 3.15. The van der Waals surface area contributed by atoms with E-state index in [1.807, 2.05) is 0 Å². The van der Waals surface area contributed by atoms with Gasteiger partial charge in [-0.3, -0.25) is 4.79 Å². The maximum absolute atomic E-state index is 10.2. The van der Waals surface area contributed by atoms with Crippen LogP contribution in [0.5, 0.6) is 0 Å². The lowest BCUT2D eigenvalue weighted by Crippen LogP contribution is -2.28. The molecule has 0 aromatic carbocycles. The lowest BCUT2D eigenvalue weighted by Gasteiger charge is -1.92.